The van der Waals surface area contributed by atoms with Crippen LogP contribution in [0.15, 0.2) is 48.9 Å². The number of ether oxygens (including phenoxy) is 2. The molecule has 35 heavy (non-hydrogen) atoms. The van der Waals surface area contributed by atoms with Gasteiger partial charge in [0.2, 0.25) is 0 Å². The van der Waals surface area contributed by atoms with Crippen LogP contribution in [-0.2, 0) is 18.3 Å². The maximum atomic E-state index is 15.1. The van der Waals surface area contributed by atoms with Crippen LogP contribution >= 0.6 is 0 Å². The van der Waals surface area contributed by atoms with Gasteiger partial charge in [0.15, 0.2) is 0 Å². The van der Waals surface area contributed by atoms with Crippen molar-refractivity contribution in [3.05, 3.63) is 71.7 Å². The predicted molar refractivity (Wildman–Crippen MR) is 127 cm³/mol. The molecule has 1 aliphatic rings. The first-order chi connectivity index (χ1) is 16.9. The molecule has 0 aliphatic carbocycles. The Morgan fingerprint density at radius 2 is 1.94 bits per heavy atom. The molecule has 3 heterocycles. The Bertz CT molecular complexity index is 1390. The normalized spacial score (nSPS) is 14.4. The Morgan fingerprint density at radius 1 is 1.14 bits per heavy atom. The number of nitrogens with zero attached hydrogens (tertiary/aromatic N) is 3. The molecule has 1 fully saturated rings. The van der Waals surface area contributed by atoms with Gasteiger partial charge in [0.1, 0.15) is 17.4 Å². The van der Waals surface area contributed by atoms with Crippen LogP contribution in [0.1, 0.15) is 28.8 Å². The lowest BCUT2D eigenvalue weighted by Crippen LogP contribution is -2.38. The number of benzene rings is 2. The van der Waals surface area contributed by atoms with Gasteiger partial charge in [-0.2, -0.15) is 5.10 Å². The fourth-order valence-corrected chi connectivity index (χ4v) is 4.55. The van der Waals surface area contributed by atoms with Crippen molar-refractivity contribution in [3.8, 4) is 16.9 Å². The maximum Gasteiger partial charge on any atom is 0.253 e. The molecule has 1 aliphatic heterocycles. The van der Waals surface area contributed by atoms with Crippen LogP contribution in [0.3, 0.4) is 0 Å². The maximum absolute atomic E-state index is 15.1. The highest BCUT2D eigenvalue weighted by Gasteiger charge is 2.24. The summed E-state index contributed by atoms with van der Waals surface area (Å²) in [5.41, 5.74) is 2.50. The minimum Gasteiger partial charge on any atom is -0.495 e. The first kappa shape index (κ1) is 23.0. The van der Waals surface area contributed by atoms with Gasteiger partial charge < -0.3 is 19.4 Å². The first-order valence-electron chi connectivity index (χ1n) is 11.5. The molecule has 9 heteroatoms. The van der Waals surface area contributed by atoms with Crippen molar-refractivity contribution < 1.29 is 23.0 Å². The number of carbonyl (C=O) groups excluding carboxylic acids is 1. The zero-order valence-electron chi connectivity index (χ0n) is 19.6. The number of fused-ring (bicyclic) bond motifs is 1. The Kier molecular flexibility index (Phi) is 6.25. The number of aryl methyl sites for hydroxylation is 1. The molecule has 1 N–H and O–H groups in total. The van der Waals surface area contributed by atoms with Crippen molar-refractivity contribution in [2.45, 2.75) is 25.4 Å². The second-order valence-electron chi connectivity index (χ2n) is 8.71. The summed E-state index contributed by atoms with van der Waals surface area (Å²) in [6.07, 6.45) is 6.45. The second-order valence-corrected chi connectivity index (χ2v) is 8.71. The van der Waals surface area contributed by atoms with Crippen LogP contribution in [0.5, 0.6) is 5.75 Å². The van der Waals surface area contributed by atoms with Crippen LogP contribution in [0, 0.1) is 11.6 Å². The molecular weight excluding hydrogens is 454 g/mol. The summed E-state index contributed by atoms with van der Waals surface area (Å²) in [6.45, 7) is 1.24. The van der Waals surface area contributed by atoms with Crippen LogP contribution in [0.2, 0.25) is 0 Å². The molecule has 0 radical (unpaired) electrons. The van der Waals surface area contributed by atoms with E-state index in [1.165, 1.54) is 25.3 Å². The van der Waals surface area contributed by atoms with Crippen molar-refractivity contribution in [1.29, 1.82) is 0 Å². The summed E-state index contributed by atoms with van der Waals surface area (Å²) in [7, 11) is 3.28. The van der Waals surface area contributed by atoms with Gasteiger partial charge in [0, 0.05) is 49.8 Å². The molecule has 2 aromatic heterocycles. The molecule has 1 saturated heterocycles. The van der Waals surface area contributed by atoms with Gasteiger partial charge in [-0.15, -0.1) is 0 Å². The summed E-state index contributed by atoms with van der Waals surface area (Å²) in [5.74, 6) is -0.917. The van der Waals surface area contributed by atoms with Crippen LogP contribution < -0.4 is 10.1 Å². The number of halogens is 2. The fraction of sp³-hybridized carbons (Fsp3) is 0.308. The highest BCUT2D eigenvalue weighted by atomic mass is 19.1. The van der Waals surface area contributed by atoms with Crippen LogP contribution in [0.25, 0.3) is 22.0 Å². The van der Waals surface area contributed by atoms with Gasteiger partial charge >= 0.3 is 0 Å². The third kappa shape index (κ3) is 4.51. The van der Waals surface area contributed by atoms with Crippen molar-refractivity contribution in [2.24, 2.45) is 7.05 Å². The monoisotopic (exact) mass is 480 g/mol. The van der Waals surface area contributed by atoms with Gasteiger partial charge in [0.05, 0.1) is 36.3 Å². The molecule has 1 amide bonds. The minimum absolute atomic E-state index is 0.0409. The van der Waals surface area contributed by atoms with Gasteiger partial charge in [-0.05, 0) is 36.6 Å². The van der Waals surface area contributed by atoms with E-state index in [0.29, 0.717) is 48.4 Å². The summed E-state index contributed by atoms with van der Waals surface area (Å²) in [4.78, 5) is 13.2. The summed E-state index contributed by atoms with van der Waals surface area (Å²) >= 11 is 0. The fourth-order valence-electron chi connectivity index (χ4n) is 4.55. The largest absolute Gasteiger partial charge is 0.495 e. The Hall–Kier alpha value is -3.72. The highest BCUT2D eigenvalue weighted by molar-refractivity contribution is 6.08. The van der Waals surface area contributed by atoms with E-state index in [9.17, 15) is 4.79 Å². The lowest BCUT2D eigenvalue weighted by molar-refractivity contribution is 0.0697. The van der Waals surface area contributed by atoms with Crippen LogP contribution in [0.4, 0.5) is 8.78 Å². The van der Waals surface area contributed by atoms with Gasteiger partial charge in [0.25, 0.3) is 5.91 Å². The average molecular weight is 481 g/mol. The lowest BCUT2D eigenvalue weighted by atomic mass is 10.1. The SMILES string of the molecule is COc1ccc(F)c2c(C(=O)NC3CCOCC3)cn(Cc3ccc(-c4cnn(C)c4)cc3F)c12. The van der Waals surface area contributed by atoms with E-state index < -0.39 is 11.6 Å². The number of nitrogens with one attached hydrogen (secondary N) is 1. The molecule has 0 unspecified atom stereocenters. The third-order valence-electron chi connectivity index (χ3n) is 6.38. The van der Waals surface area contributed by atoms with Crippen molar-refractivity contribution >= 4 is 16.8 Å². The summed E-state index contributed by atoms with van der Waals surface area (Å²) < 4.78 is 44.3. The highest BCUT2D eigenvalue weighted by Crippen LogP contribution is 2.33. The van der Waals surface area contributed by atoms with Gasteiger partial charge in [-0.3, -0.25) is 9.48 Å². The van der Waals surface area contributed by atoms with Gasteiger partial charge in [-0.25, -0.2) is 8.78 Å². The topological polar surface area (TPSA) is 70.3 Å². The molecule has 0 saturated carbocycles. The zero-order valence-corrected chi connectivity index (χ0v) is 19.6. The van der Waals surface area contributed by atoms with E-state index in [1.807, 2.05) is 12.3 Å². The standard InChI is InChI=1S/C26H26F2N4O3/c1-31-13-18(12-29-31)16-3-4-17(22(28)11-16)14-32-15-20(26(33)30-19-7-9-35-10-8-19)24-21(27)5-6-23(34-2)25(24)32/h3-6,11-13,15,19H,7-10,14H2,1-2H3,(H,30,33). The van der Waals surface area contributed by atoms with Crippen molar-refractivity contribution in [3.63, 3.8) is 0 Å². The molecule has 4 aromatic rings. The van der Waals surface area contributed by atoms with E-state index in [1.54, 1.807) is 34.8 Å². The smallest absolute Gasteiger partial charge is 0.253 e. The molecule has 182 valence electrons. The Labute approximate surface area is 201 Å². The number of methoxy groups -OCH3 is 1. The van der Waals surface area contributed by atoms with Crippen molar-refractivity contribution in [1.82, 2.24) is 19.7 Å². The summed E-state index contributed by atoms with van der Waals surface area (Å²) in [6, 6.07) is 7.71. The Morgan fingerprint density at radius 3 is 2.63 bits per heavy atom. The van der Waals surface area contributed by atoms with E-state index in [2.05, 4.69) is 10.4 Å². The lowest BCUT2D eigenvalue weighted by Gasteiger charge is -2.23. The summed E-state index contributed by atoms with van der Waals surface area (Å²) in [5, 5.41) is 7.27. The molecule has 5 rings (SSSR count). The number of hydrogen-bond donors (Lipinski definition) is 1. The predicted octanol–water partition coefficient (Wildman–Crippen LogP) is 4.29. The Balaban J connectivity index is 1.52. The molecule has 0 spiro atoms. The first-order valence-corrected chi connectivity index (χ1v) is 11.5. The van der Waals surface area contributed by atoms with Crippen molar-refractivity contribution in [2.75, 3.05) is 20.3 Å². The number of hydrogen-bond acceptors (Lipinski definition) is 4. The molecule has 0 bridgehead atoms. The van der Waals surface area contributed by atoms with E-state index in [0.717, 1.165) is 5.56 Å². The minimum atomic E-state index is -0.538. The molecule has 7 nitrogen and oxygen atoms in total. The quantitative estimate of drug-likeness (QED) is 0.447. The second kappa shape index (κ2) is 9.50. The molecule has 2 aromatic carbocycles. The van der Waals surface area contributed by atoms with E-state index in [-0.39, 0.29) is 29.4 Å². The number of amides is 1. The number of aromatic nitrogens is 3. The van der Waals surface area contributed by atoms with E-state index in [4.69, 9.17) is 9.47 Å². The molecular formula is C26H26F2N4O3. The third-order valence-corrected chi connectivity index (χ3v) is 6.38. The van der Waals surface area contributed by atoms with Gasteiger partial charge in [-0.1, -0.05) is 12.1 Å². The number of carbonyl (C=O) groups is 1. The van der Waals surface area contributed by atoms with Crippen LogP contribution in [-0.4, -0.2) is 46.6 Å². The number of rotatable bonds is 6. The average Bonchev–Trinajstić information content (AvgIpc) is 3.46. The molecule has 0 atom stereocenters. The van der Waals surface area contributed by atoms with E-state index >= 15 is 8.78 Å². The zero-order chi connectivity index (χ0) is 24.5.